The van der Waals surface area contributed by atoms with E-state index in [4.69, 9.17) is 10.5 Å². The molecule has 0 aliphatic carbocycles. The highest BCUT2D eigenvalue weighted by molar-refractivity contribution is 9.10. The van der Waals surface area contributed by atoms with Gasteiger partial charge in [0.05, 0.1) is 23.5 Å². The van der Waals surface area contributed by atoms with Crippen LogP contribution in [0.4, 0.5) is 21.6 Å². The summed E-state index contributed by atoms with van der Waals surface area (Å²) in [6.07, 6.45) is 2.79. The predicted molar refractivity (Wildman–Crippen MR) is 124 cm³/mol. The molecule has 0 radical (unpaired) electrons. The molecule has 3 rings (SSSR count). The molecule has 0 bridgehead atoms. The van der Waals surface area contributed by atoms with E-state index in [1.165, 1.54) is 12.4 Å². The number of nitrogens with two attached hydrogens (primary N) is 1. The van der Waals surface area contributed by atoms with Gasteiger partial charge in [0.15, 0.2) is 9.84 Å². The van der Waals surface area contributed by atoms with E-state index in [2.05, 4.69) is 36.5 Å². The molecule has 0 spiro atoms. The fraction of sp³-hybridized carbons (Fsp3) is 0.250. The molecule has 0 unspecified atom stereocenters. The van der Waals surface area contributed by atoms with Crippen molar-refractivity contribution in [3.8, 4) is 5.75 Å². The lowest BCUT2D eigenvalue weighted by molar-refractivity contribution is -0.118. The van der Waals surface area contributed by atoms with Crippen LogP contribution in [0.1, 0.15) is 6.42 Å². The number of amides is 1. The highest BCUT2D eigenvalue weighted by Gasteiger charge is 2.12. The normalized spacial score (nSPS) is 11.3. The van der Waals surface area contributed by atoms with E-state index in [1.807, 2.05) is 0 Å². The summed E-state index contributed by atoms with van der Waals surface area (Å²) in [5.41, 5.74) is 7.25. The number of nitrogens with one attached hydrogen (secondary N) is 2. The Morgan fingerprint density at radius 3 is 2.75 bits per heavy atom. The number of halogens is 2. The zero-order valence-corrected chi connectivity index (χ0v) is 19.5. The van der Waals surface area contributed by atoms with Crippen molar-refractivity contribution in [2.45, 2.75) is 6.42 Å². The first-order valence-electron chi connectivity index (χ1n) is 9.46. The van der Waals surface area contributed by atoms with E-state index in [-0.39, 0.29) is 18.8 Å². The standard InChI is InChI=1S/C20H21BrFN5O4S/c1-32(29,30)10-19(28)24-5-2-6-31-18-9-17-13(8-15(18)23)20(26-11-25-17)27-16-4-3-12(21)7-14(16)22/h3-4,7-9,11H,2,5-6,10,23H2,1H3,(H,24,28)(H,25,26,27). The van der Waals surface area contributed by atoms with Gasteiger partial charge in [-0.3, -0.25) is 4.79 Å². The quantitative estimate of drug-likeness (QED) is 0.286. The molecule has 0 saturated heterocycles. The number of nitrogen functional groups attached to an aromatic ring is 1. The molecule has 3 aromatic rings. The van der Waals surface area contributed by atoms with Gasteiger partial charge < -0.3 is 21.1 Å². The van der Waals surface area contributed by atoms with E-state index in [0.717, 1.165) is 6.26 Å². The van der Waals surface area contributed by atoms with E-state index in [0.29, 0.717) is 39.1 Å². The van der Waals surface area contributed by atoms with Gasteiger partial charge in [-0.1, -0.05) is 15.9 Å². The van der Waals surface area contributed by atoms with Crippen LogP contribution < -0.4 is 21.1 Å². The predicted octanol–water partition coefficient (Wildman–Crippen LogP) is 2.79. The highest BCUT2D eigenvalue weighted by Crippen LogP contribution is 2.32. The van der Waals surface area contributed by atoms with Crippen LogP contribution >= 0.6 is 15.9 Å². The van der Waals surface area contributed by atoms with Crippen LogP contribution in [0.3, 0.4) is 0 Å². The summed E-state index contributed by atoms with van der Waals surface area (Å²) in [5, 5.41) is 6.06. The number of rotatable bonds is 9. The summed E-state index contributed by atoms with van der Waals surface area (Å²) >= 11 is 3.22. The second-order valence-corrected chi connectivity index (χ2v) is 10.1. The molecule has 1 aromatic heterocycles. The number of carbonyl (C=O) groups is 1. The number of nitrogens with zero attached hydrogens (tertiary/aromatic N) is 2. The van der Waals surface area contributed by atoms with Gasteiger partial charge in [-0.2, -0.15) is 0 Å². The molecule has 0 saturated carbocycles. The van der Waals surface area contributed by atoms with E-state index >= 15 is 0 Å². The molecule has 2 aromatic carbocycles. The zero-order valence-electron chi connectivity index (χ0n) is 17.1. The number of fused-ring (bicyclic) bond motifs is 1. The third-order valence-electron chi connectivity index (χ3n) is 4.25. The van der Waals surface area contributed by atoms with Crippen molar-refractivity contribution in [1.82, 2.24) is 15.3 Å². The molecule has 0 aliphatic rings. The molecule has 0 atom stereocenters. The largest absolute Gasteiger partial charge is 0.491 e. The Morgan fingerprint density at radius 2 is 2.03 bits per heavy atom. The van der Waals surface area contributed by atoms with Gasteiger partial charge in [0.25, 0.3) is 0 Å². The zero-order chi connectivity index (χ0) is 23.3. The first-order chi connectivity index (χ1) is 15.1. The Labute approximate surface area is 192 Å². The average molecular weight is 526 g/mol. The Kier molecular flexibility index (Phi) is 7.46. The van der Waals surface area contributed by atoms with Crippen LogP contribution in [-0.4, -0.2) is 49.5 Å². The highest BCUT2D eigenvalue weighted by atomic mass is 79.9. The van der Waals surface area contributed by atoms with Crippen LogP contribution in [0, 0.1) is 5.82 Å². The molecule has 12 heteroatoms. The molecule has 0 aliphatic heterocycles. The number of ether oxygens (including phenoxy) is 1. The van der Waals surface area contributed by atoms with Crippen molar-refractivity contribution in [3.63, 3.8) is 0 Å². The summed E-state index contributed by atoms with van der Waals surface area (Å²) in [6.45, 7) is 0.506. The monoisotopic (exact) mass is 525 g/mol. The van der Waals surface area contributed by atoms with Crippen molar-refractivity contribution in [2.75, 3.05) is 36.2 Å². The molecule has 1 heterocycles. The van der Waals surface area contributed by atoms with Crippen molar-refractivity contribution < 1.29 is 22.3 Å². The summed E-state index contributed by atoms with van der Waals surface area (Å²) < 4.78 is 42.6. The van der Waals surface area contributed by atoms with E-state index < -0.39 is 27.3 Å². The van der Waals surface area contributed by atoms with Gasteiger partial charge in [0.2, 0.25) is 5.91 Å². The number of anilines is 3. The Morgan fingerprint density at radius 1 is 1.25 bits per heavy atom. The van der Waals surface area contributed by atoms with E-state index in [1.54, 1.807) is 24.3 Å². The minimum atomic E-state index is -3.36. The Bertz CT molecular complexity index is 1260. The Hall–Kier alpha value is -2.99. The molecule has 32 heavy (non-hydrogen) atoms. The van der Waals surface area contributed by atoms with Gasteiger partial charge in [0.1, 0.15) is 29.5 Å². The van der Waals surface area contributed by atoms with Crippen LogP contribution in [0.5, 0.6) is 5.75 Å². The smallest absolute Gasteiger partial charge is 0.235 e. The van der Waals surface area contributed by atoms with Crippen molar-refractivity contribution in [2.24, 2.45) is 0 Å². The van der Waals surface area contributed by atoms with Crippen molar-refractivity contribution in [1.29, 1.82) is 0 Å². The number of sulfone groups is 1. The van der Waals surface area contributed by atoms with Crippen LogP contribution in [0.25, 0.3) is 10.9 Å². The number of carbonyl (C=O) groups excluding carboxylic acids is 1. The fourth-order valence-corrected chi connectivity index (χ4v) is 3.73. The maximum atomic E-state index is 14.2. The minimum absolute atomic E-state index is 0.245. The molecular formula is C20H21BrFN5O4S. The lowest BCUT2D eigenvalue weighted by Crippen LogP contribution is -2.31. The number of hydrogen-bond acceptors (Lipinski definition) is 8. The Balaban J connectivity index is 1.65. The number of hydrogen-bond donors (Lipinski definition) is 3. The maximum Gasteiger partial charge on any atom is 0.235 e. The molecule has 4 N–H and O–H groups in total. The van der Waals surface area contributed by atoms with Gasteiger partial charge >= 0.3 is 0 Å². The second kappa shape index (κ2) is 10.1. The summed E-state index contributed by atoms with van der Waals surface area (Å²) in [5.74, 6) is -0.757. The third kappa shape index (κ3) is 6.50. The van der Waals surface area contributed by atoms with Crippen LogP contribution in [0.2, 0.25) is 0 Å². The SMILES string of the molecule is CS(=O)(=O)CC(=O)NCCCOc1cc2ncnc(Nc3ccc(Br)cc3F)c2cc1N. The van der Waals surface area contributed by atoms with Gasteiger partial charge in [0, 0.05) is 28.7 Å². The average Bonchev–Trinajstić information content (AvgIpc) is 2.69. The van der Waals surface area contributed by atoms with Gasteiger partial charge in [-0.05, 0) is 30.7 Å². The maximum absolute atomic E-state index is 14.2. The fourth-order valence-electron chi connectivity index (χ4n) is 2.81. The van der Waals surface area contributed by atoms with E-state index in [9.17, 15) is 17.6 Å². The summed E-state index contributed by atoms with van der Waals surface area (Å²) in [6, 6.07) is 7.92. The molecular weight excluding hydrogens is 505 g/mol. The van der Waals surface area contributed by atoms with Gasteiger partial charge in [-0.15, -0.1) is 0 Å². The molecule has 0 fully saturated rings. The van der Waals surface area contributed by atoms with Crippen molar-refractivity contribution >= 4 is 59.8 Å². The number of aromatic nitrogens is 2. The summed E-state index contributed by atoms with van der Waals surface area (Å²) in [4.78, 5) is 19.9. The molecule has 1 amide bonds. The molecule has 9 nitrogen and oxygen atoms in total. The van der Waals surface area contributed by atoms with Crippen LogP contribution in [-0.2, 0) is 14.6 Å². The second-order valence-electron chi connectivity index (χ2n) is 7.00. The van der Waals surface area contributed by atoms with Gasteiger partial charge in [-0.25, -0.2) is 22.8 Å². The third-order valence-corrected chi connectivity index (χ3v) is 5.53. The lowest BCUT2D eigenvalue weighted by atomic mass is 10.2. The lowest BCUT2D eigenvalue weighted by Gasteiger charge is -2.13. The van der Waals surface area contributed by atoms with Crippen molar-refractivity contribution in [3.05, 3.63) is 46.9 Å². The first-order valence-corrected chi connectivity index (χ1v) is 12.3. The molecule has 170 valence electrons. The first kappa shape index (κ1) is 23.7. The minimum Gasteiger partial charge on any atom is -0.491 e. The number of benzene rings is 2. The van der Waals surface area contributed by atoms with Crippen LogP contribution in [0.15, 0.2) is 41.1 Å². The summed E-state index contributed by atoms with van der Waals surface area (Å²) in [7, 11) is -3.36. The topological polar surface area (TPSA) is 136 Å².